The Balaban J connectivity index is 1.49. The Kier molecular flexibility index (Phi) is 5.96. The lowest BCUT2D eigenvalue weighted by Crippen LogP contribution is -2.43. The summed E-state index contributed by atoms with van der Waals surface area (Å²) in [6.45, 7) is 3.23. The van der Waals surface area contributed by atoms with Crippen LogP contribution in [-0.2, 0) is 16.1 Å². The number of thiocarbonyl (C=S) groups is 1. The van der Waals surface area contributed by atoms with Crippen LogP contribution in [0.4, 0.5) is 5.69 Å². The van der Waals surface area contributed by atoms with E-state index in [4.69, 9.17) is 12.2 Å². The van der Waals surface area contributed by atoms with Crippen LogP contribution in [0.3, 0.4) is 0 Å². The number of likely N-dealkylation sites (N-methyl/N-ethyl adjacent to an activating group) is 1. The summed E-state index contributed by atoms with van der Waals surface area (Å²) in [6, 6.07) is 17.7. The van der Waals surface area contributed by atoms with E-state index >= 15 is 0 Å². The molecule has 34 heavy (non-hydrogen) atoms. The molecule has 5 rings (SSSR count). The highest BCUT2D eigenvalue weighted by Gasteiger charge is 2.37. The Morgan fingerprint density at radius 3 is 2.59 bits per heavy atom. The highest BCUT2D eigenvalue weighted by molar-refractivity contribution is 7.80. The van der Waals surface area contributed by atoms with Crippen molar-refractivity contribution in [2.45, 2.75) is 38.8 Å². The van der Waals surface area contributed by atoms with E-state index < -0.39 is 0 Å². The van der Waals surface area contributed by atoms with Gasteiger partial charge in [-0.2, -0.15) is 0 Å². The zero-order valence-corrected chi connectivity index (χ0v) is 20.3. The number of benzene rings is 2. The van der Waals surface area contributed by atoms with Crippen LogP contribution in [0, 0.1) is 0 Å². The Hall–Kier alpha value is -3.45. The molecule has 0 aliphatic carbocycles. The van der Waals surface area contributed by atoms with Crippen LogP contribution in [-0.4, -0.2) is 50.9 Å². The molecule has 1 atom stereocenters. The number of rotatable bonds is 4. The topological polar surface area (TPSA) is 48.8 Å². The van der Waals surface area contributed by atoms with Crippen molar-refractivity contribution in [2.75, 3.05) is 18.5 Å². The molecule has 0 saturated carbocycles. The summed E-state index contributed by atoms with van der Waals surface area (Å²) in [4.78, 5) is 31.8. The van der Waals surface area contributed by atoms with Gasteiger partial charge in [0.1, 0.15) is 12.2 Å². The van der Waals surface area contributed by atoms with Gasteiger partial charge in [0.25, 0.3) is 5.91 Å². The van der Waals surface area contributed by atoms with Gasteiger partial charge < -0.3 is 14.4 Å². The Morgan fingerprint density at radius 1 is 1.09 bits per heavy atom. The monoisotopic (exact) mass is 472 g/mol. The van der Waals surface area contributed by atoms with Gasteiger partial charge in [0.15, 0.2) is 5.11 Å². The largest absolute Gasteiger partial charge is 0.338 e. The zero-order chi connectivity index (χ0) is 23.8. The fourth-order valence-corrected chi connectivity index (χ4v) is 5.22. The van der Waals surface area contributed by atoms with Crippen LogP contribution >= 0.6 is 12.2 Å². The molecule has 2 aromatic carbocycles. The van der Waals surface area contributed by atoms with E-state index in [2.05, 4.69) is 6.92 Å². The van der Waals surface area contributed by atoms with E-state index in [0.717, 1.165) is 41.5 Å². The first kappa shape index (κ1) is 22.3. The van der Waals surface area contributed by atoms with E-state index in [0.29, 0.717) is 10.8 Å². The van der Waals surface area contributed by atoms with E-state index in [1.807, 2.05) is 83.4 Å². The smallest absolute Gasteiger partial charge is 0.281 e. The molecule has 174 valence electrons. The number of fused-ring (bicyclic) bond motifs is 1. The number of aromatic nitrogens is 1. The first-order chi connectivity index (χ1) is 16.5. The molecule has 2 fully saturated rings. The molecule has 2 amide bonds. The quantitative estimate of drug-likeness (QED) is 0.410. The second kappa shape index (κ2) is 9.06. The van der Waals surface area contributed by atoms with Crippen LogP contribution in [0.2, 0.25) is 0 Å². The molecule has 0 radical (unpaired) electrons. The summed E-state index contributed by atoms with van der Waals surface area (Å²) >= 11 is 5.59. The lowest BCUT2D eigenvalue weighted by atomic mass is 10.0. The van der Waals surface area contributed by atoms with Gasteiger partial charge in [-0.1, -0.05) is 36.4 Å². The third-order valence-corrected chi connectivity index (χ3v) is 7.27. The minimum atomic E-state index is -0.159. The predicted molar refractivity (Wildman–Crippen MR) is 139 cm³/mol. The molecular weight excluding hydrogens is 444 g/mol. The van der Waals surface area contributed by atoms with Gasteiger partial charge in [-0.3, -0.25) is 14.5 Å². The number of likely N-dealkylation sites (tertiary alicyclic amines) is 1. The third kappa shape index (κ3) is 3.90. The molecule has 0 N–H and O–H groups in total. The van der Waals surface area contributed by atoms with Gasteiger partial charge in [-0.05, 0) is 62.7 Å². The van der Waals surface area contributed by atoms with Crippen molar-refractivity contribution in [1.29, 1.82) is 0 Å². The summed E-state index contributed by atoms with van der Waals surface area (Å²) < 4.78 is 2.00. The second-order valence-corrected chi connectivity index (χ2v) is 9.37. The molecule has 0 unspecified atom stereocenters. The normalized spacial score (nSPS) is 20.1. The summed E-state index contributed by atoms with van der Waals surface area (Å²) in [6.07, 6.45) is 7.15. The van der Waals surface area contributed by atoms with E-state index in [1.165, 1.54) is 6.42 Å². The maximum absolute atomic E-state index is 13.4. The number of piperidine rings is 1. The van der Waals surface area contributed by atoms with Crippen molar-refractivity contribution in [3.8, 4) is 0 Å². The third-order valence-electron chi connectivity index (χ3n) is 6.82. The summed E-state index contributed by atoms with van der Waals surface area (Å²) in [7, 11) is 1.81. The van der Waals surface area contributed by atoms with Crippen molar-refractivity contribution in [2.24, 2.45) is 0 Å². The average molecular weight is 473 g/mol. The molecule has 6 nitrogen and oxygen atoms in total. The number of carbonyl (C=O) groups is 2. The van der Waals surface area contributed by atoms with Crippen LogP contribution in [0.25, 0.3) is 17.0 Å². The highest BCUT2D eigenvalue weighted by Crippen LogP contribution is 2.30. The van der Waals surface area contributed by atoms with Gasteiger partial charge in [0.2, 0.25) is 5.91 Å². The van der Waals surface area contributed by atoms with Gasteiger partial charge in [-0.25, -0.2) is 0 Å². The number of nitrogens with zero attached hydrogens (tertiary/aromatic N) is 4. The van der Waals surface area contributed by atoms with E-state index in [1.54, 1.807) is 9.80 Å². The standard InChI is InChI=1S/C27H28N4O2S/c1-19-10-8-9-15-30(19)25(32)18-29-17-20(22-13-6-7-14-23(22)29)16-24-26(33)31(27(34)28(24)2)21-11-4-3-5-12-21/h3-7,11-14,16-17,19H,8-10,15,18H2,1-2H3/b24-16-/t19-/m1/s1. The van der Waals surface area contributed by atoms with Gasteiger partial charge in [0.05, 0.1) is 5.69 Å². The van der Waals surface area contributed by atoms with Crippen LogP contribution in [0.1, 0.15) is 31.7 Å². The molecule has 3 aromatic rings. The Bertz CT molecular complexity index is 1300. The number of carbonyl (C=O) groups excluding carboxylic acids is 2. The van der Waals surface area contributed by atoms with Gasteiger partial charge >= 0.3 is 0 Å². The second-order valence-electron chi connectivity index (χ2n) is 9.01. The Labute approximate surface area is 205 Å². The lowest BCUT2D eigenvalue weighted by Gasteiger charge is -2.33. The molecule has 2 aliphatic heterocycles. The van der Waals surface area contributed by atoms with Crippen molar-refractivity contribution in [3.05, 3.63) is 72.1 Å². The highest BCUT2D eigenvalue weighted by atomic mass is 32.1. The minimum absolute atomic E-state index is 0.137. The fraction of sp³-hybridized carbons (Fsp3) is 0.296. The molecule has 1 aromatic heterocycles. The molecule has 0 spiro atoms. The predicted octanol–water partition coefficient (Wildman–Crippen LogP) is 4.65. The fourth-order valence-electron chi connectivity index (χ4n) is 4.93. The first-order valence-electron chi connectivity index (χ1n) is 11.7. The number of anilines is 1. The number of hydrogen-bond acceptors (Lipinski definition) is 3. The SMILES string of the molecule is C[C@@H]1CCCCN1C(=O)Cn1cc(/C=C2/C(=O)N(c3ccccc3)C(=S)N2C)c2ccccc21. The van der Waals surface area contributed by atoms with E-state index in [9.17, 15) is 9.59 Å². The molecule has 2 saturated heterocycles. The summed E-state index contributed by atoms with van der Waals surface area (Å²) in [5.74, 6) is -0.0219. The van der Waals surface area contributed by atoms with Gasteiger partial charge in [0, 0.05) is 42.3 Å². The number of amides is 2. The number of hydrogen-bond donors (Lipinski definition) is 0. The molecule has 0 bridgehead atoms. The molecule has 2 aliphatic rings. The minimum Gasteiger partial charge on any atom is -0.338 e. The molecule has 7 heteroatoms. The van der Waals surface area contributed by atoms with E-state index in [-0.39, 0.29) is 24.4 Å². The average Bonchev–Trinajstić information content (AvgIpc) is 3.29. The summed E-state index contributed by atoms with van der Waals surface area (Å²) in [5.41, 5.74) is 3.12. The first-order valence-corrected chi connectivity index (χ1v) is 12.1. The van der Waals surface area contributed by atoms with Crippen molar-refractivity contribution >= 4 is 51.8 Å². The van der Waals surface area contributed by atoms with Crippen LogP contribution < -0.4 is 4.90 Å². The number of para-hydroxylation sites is 2. The van der Waals surface area contributed by atoms with Crippen LogP contribution in [0.15, 0.2) is 66.5 Å². The molecular formula is C27H28N4O2S. The lowest BCUT2D eigenvalue weighted by molar-refractivity contribution is -0.135. The van der Waals surface area contributed by atoms with Crippen LogP contribution in [0.5, 0.6) is 0 Å². The maximum atomic E-state index is 13.4. The van der Waals surface area contributed by atoms with Gasteiger partial charge in [-0.15, -0.1) is 0 Å². The van der Waals surface area contributed by atoms with Crippen molar-refractivity contribution < 1.29 is 9.59 Å². The summed E-state index contributed by atoms with van der Waals surface area (Å²) in [5, 5.41) is 1.44. The van der Waals surface area contributed by atoms with Crippen molar-refractivity contribution in [1.82, 2.24) is 14.4 Å². The zero-order valence-electron chi connectivity index (χ0n) is 19.5. The Morgan fingerprint density at radius 2 is 1.82 bits per heavy atom. The van der Waals surface area contributed by atoms with Crippen molar-refractivity contribution in [3.63, 3.8) is 0 Å². The molecule has 3 heterocycles. The maximum Gasteiger partial charge on any atom is 0.281 e.